The minimum Gasteiger partial charge on any atom is -0.507 e. The van der Waals surface area contributed by atoms with Crippen molar-refractivity contribution in [3.63, 3.8) is 0 Å². The van der Waals surface area contributed by atoms with Crippen LogP contribution in [0.4, 0.5) is 0 Å². The highest BCUT2D eigenvalue weighted by Crippen LogP contribution is 2.25. The third-order valence-corrected chi connectivity index (χ3v) is 1.98. The molecule has 0 saturated carbocycles. The van der Waals surface area contributed by atoms with Crippen molar-refractivity contribution in [2.75, 3.05) is 0 Å². The molecule has 0 aliphatic heterocycles. The van der Waals surface area contributed by atoms with Crippen molar-refractivity contribution in [1.82, 2.24) is 9.36 Å². The van der Waals surface area contributed by atoms with Gasteiger partial charge in [0.05, 0.1) is 5.56 Å². The molecule has 0 atom stereocenters. The van der Waals surface area contributed by atoms with Crippen molar-refractivity contribution >= 4 is 11.5 Å². The molecule has 0 aliphatic rings. The Hall–Kier alpha value is -1.42. The fraction of sp³-hybridized carbons (Fsp3) is 0. The van der Waals surface area contributed by atoms with Crippen LogP contribution >= 0.6 is 11.5 Å². The van der Waals surface area contributed by atoms with Gasteiger partial charge in [0.15, 0.2) is 5.82 Å². The van der Waals surface area contributed by atoms with Crippen molar-refractivity contribution in [2.45, 2.75) is 0 Å². The number of benzene rings is 1. The quantitative estimate of drug-likeness (QED) is 0.725. The molecular weight excluding hydrogens is 172 g/mol. The lowest BCUT2D eigenvalue weighted by Gasteiger charge is -1.97. The van der Waals surface area contributed by atoms with Crippen molar-refractivity contribution in [2.24, 2.45) is 0 Å². The Morgan fingerprint density at radius 3 is 2.75 bits per heavy atom. The van der Waals surface area contributed by atoms with Crippen LogP contribution in [0.5, 0.6) is 5.75 Å². The van der Waals surface area contributed by atoms with Crippen molar-refractivity contribution < 1.29 is 5.11 Å². The summed E-state index contributed by atoms with van der Waals surface area (Å²) < 4.78 is 4.02. The zero-order valence-electron chi connectivity index (χ0n) is 6.14. The summed E-state index contributed by atoms with van der Waals surface area (Å²) in [7, 11) is 0. The number of rotatable bonds is 1. The minimum absolute atomic E-state index is 0.218. The van der Waals surface area contributed by atoms with Gasteiger partial charge in [-0.05, 0) is 23.7 Å². The normalized spacial score (nSPS) is 10.0. The second-order valence-corrected chi connectivity index (χ2v) is 2.88. The van der Waals surface area contributed by atoms with Crippen LogP contribution in [0.15, 0.2) is 29.8 Å². The first-order valence-corrected chi connectivity index (χ1v) is 4.26. The SMILES string of the molecule is Oc1ccccc1-c1ncsn1. The molecule has 0 spiro atoms. The average Bonchev–Trinajstić information content (AvgIpc) is 2.57. The zero-order chi connectivity index (χ0) is 8.39. The monoisotopic (exact) mass is 178 g/mol. The third-order valence-electron chi connectivity index (χ3n) is 1.51. The fourth-order valence-corrected chi connectivity index (χ4v) is 1.39. The average molecular weight is 178 g/mol. The standard InChI is InChI=1S/C8H6N2OS/c11-7-4-2-1-3-6(7)8-9-5-12-10-8/h1-5,11H. The topological polar surface area (TPSA) is 46.0 Å². The van der Waals surface area contributed by atoms with E-state index >= 15 is 0 Å². The summed E-state index contributed by atoms with van der Waals surface area (Å²) in [5.41, 5.74) is 2.32. The molecule has 0 aliphatic carbocycles. The van der Waals surface area contributed by atoms with Gasteiger partial charge in [-0.25, -0.2) is 4.98 Å². The molecule has 0 fully saturated rings. The molecule has 1 aromatic heterocycles. The fourth-order valence-electron chi connectivity index (χ4n) is 0.952. The Morgan fingerprint density at radius 2 is 2.08 bits per heavy atom. The summed E-state index contributed by atoms with van der Waals surface area (Å²) >= 11 is 1.27. The molecule has 1 N–H and O–H groups in total. The maximum absolute atomic E-state index is 9.41. The summed E-state index contributed by atoms with van der Waals surface area (Å²) in [6.45, 7) is 0. The van der Waals surface area contributed by atoms with Gasteiger partial charge >= 0.3 is 0 Å². The Kier molecular flexibility index (Phi) is 1.75. The maximum atomic E-state index is 9.41. The van der Waals surface area contributed by atoms with E-state index in [0.29, 0.717) is 11.4 Å². The molecule has 12 heavy (non-hydrogen) atoms. The van der Waals surface area contributed by atoms with Crippen LogP contribution in [0.3, 0.4) is 0 Å². The van der Waals surface area contributed by atoms with Gasteiger partial charge in [-0.15, -0.1) is 0 Å². The van der Waals surface area contributed by atoms with E-state index in [9.17, 15) is 5.11 Å². The Morgan fingerprint density at radius 1 is 1.25 bits per heavy atom. The summed E-state index contributed by atoms with van der Waals surface area (Å²) in [6.07, 6.45) is 0. The van der Waals surface area contributed by atoms with Crippen LogP contribution in [0.1, 0.15) is 0 Å². The molecule has 0 unspecified atom stereocenters. The first-order valence-electron chi connectivity index (χ1n) is 3.42. The molecule has 60 valence electrons. The molecule has 0 amide bonds. The second kappa shape index (κ2) is 2.91. The van der Waals surface area contributed by atoms with Crippen LogP contribution in [-0.4, -0.2) is 14.5 Å². The number of aromatic nitrogens is 2. The van der Waals surface area contributed by atoms with E-state index in [1.165, 1.54) is 11.5 Å². The number of phenolic OH excluding ortho intramolecular Hbond substituents is 1. The number of aromatic hydroxyl groups is 1. The molecule has 2 aromatic rings. The molecular formula is C8H6N2OS. The van der Waals surface area contributed by atoms with E-state index in [0.717, 1.165) is 0 Å². The van der Waals surface area contributed by atoms with Gasteiger partial charge in [-0.2, -0.15) is 4.37 Å². The van der Waals surface area contributed by atoms with E-state index in [1.54, 1.807) is 23.7 Å². The number of phenols is 1. The molecule has 1 heterocycles. The number of para-hydroxylation sites is 1. The Bertz CT molecular complexity index is 372. The van der Waals surface area contributed by atoms with Crippen LogP contribution in [0, 0.1) is 0 Å². The van der Waals surface area contributed by atoms with E-state index in [4.69, 9.17) is 0 Å². The first kappa shape index (κ1) is 7.24. The van der Waals surface area contributed by atoms with Gasteiger partial charge in [-0.3, -0.25) is 0 Å². The van der Waals surface area contributed by atoms with Crippen molar-refractivity contribution in [3.8, 4) is 17.1 Å². The lowest BCUT2D eigenvalue weighted by molar-refractivity contribution is 0.477. The lowest BCUT2D eigenvalue weighted by Crippen LogP contribution is -1.79. The smallest absolute Gasteiger partial charge is 0.176 e. The number of hydrogen-bond donors (Lipinski definition) is 1. The lowest BCUT2D eigenvalue weighted by atomic mass is 10.2. The van der Waals surface area contributed by atoms with Crippen molar-refractivity contribution in [1.29, 1.82) is 0 Å². The summed E-state index contributed by atoms with van der Waals surface area (Å²) in [6, 6.07) is 7.02. The van der Waals surface area contributed by atoms with E-state index in [1.807, 2.05) is 6.07 Å². The molecule has 2 rings (SSSR count). The van der Waals surface area contributed by atoms with Gasteiger partial charge in [0.2, 0.25) is 0 Å². The minimum atomic E-state index is 0.218. The highest BCUT2D eigenvalue weighted by molar-refractivity contribution is 7.03. The van der Waals surface area contributed by atoms with E-state index < -0.39 is 0 Å². The van der Waals surface area contributed by atoms with Crippen molar-refractivity contribution in [3.05, 3.63) is 29.8 Å². The highest BCUT2D eigenvalue weighted by atomic mass is 32.1. The predicted molar refractivity (Wildman–Crippen MR) is 47.0 cm³/mol. The highest BCUT2D eigenvalue weighted by Gasteiger charge is 2.05. The number of hydrogen-bond acceptors (Lipinski definition) is 4. The molecule has 3 nitrogen and oxygen atoms in total. The third kappa shape index (κ3) is 1.16. The summed E-state index contributed by atoms with van der Waals surface area (Å²) in [5.74, 6) is 0.800. The van der Waals surface area contributed by atoms with Crippen LogP contribution in [0.2, 0.25) is 0 Å². The van der Waals surface area contributed by atoms with Crippen LogP contribution < -0.4 is 0 Å². The predicted octanol–water partition coefficient (Wildman–Crippen LogP) is 1.91. The molecule has 0 bridgehead atoms. The second-order valence-electron chi connectivity index (χ2n) is 2.27. The maximum Gasteiger partial charge on any atom is 0.176 e. The largest absolute Gasteiger partial charge is 0.507 e. The number of nitrogens with zero attached hydrogens (tertiary/aromatic N) is 2. The van der Waals surface area contributed by atoms with Gasteiger partial charge in [-0.1, -0.05) is 12.1 Å². The van der Waals surface area contributed by atoms with E-state index in [2.05, 4.69) is 9.36 Å². The molecule has 4 heteroatoms. The van der Waals surface area contributed by atoms with Gasteiger partial charge in [0, 0.05) is 0 Å². The van der Waals surface area contributed by atoms with Gasteiger partial charge < -0.3 is 5.11 Å². The Labute approximate surface area is 73.5 Å². The molecule has 1 aromatic carbocycles. The molecule has 0 saturated heterocycles. The van der Waals surface area contributed by atoms with E-state index in [-0.39, 0.29) is 5.75 Å². The summed E-state index contributed by atoms with van der Waals surface area (Å²) in [4.78, 5) is 3.99. The summed E-state index contributed by atoms with van der Waals surface area (Å²) in [5, 5.41) is 9.41. The van der Waals surface area contributed by atoms with Crippen LogP contribution in [-0.2, 0) is 0 Å². The first-order chi connectivity index (χ1) is 5.88. The van der Waals surface area contributed by atoms with Crippen LogP contribution in [0.25, 0.3) is 11.4 Å². The van der Waals surface area contributed by atoms with Gasteiger partial charge in [0.25, 0.3) is 0 Å². The zero-order valence-corrected chi connectivity index (χ0v) is 6.95. The Balaban J connectivity index is 2.55. The molecule has 0 radical (unpaired) electrons. The van der Waals surface area contributed by atoms with Gasteiger partial charge in [0.1, 0.15) is 11.3 Å².